The highest BCUT2D eigenvalue weighted by molar-refractivity contribution is 5.79. The van der Waals surface area contributed by atoms with Gasteiger partial charge in [-0.15, -0.1) is 0 Å². The molecular formula is C16H30N2O3. The van der Waals surface area contributed by atoms with E-state index in [1.165, 1.54) is 32.8 Å². The summed E-state index contributed by atoms with van der Waals surface area (Å²) in [5.41, 5.74) is 5.13. The van der Waals surface area contributed by atoms with Crippen LogP contribution in [0.3, 0.4) is 0 Å². The second-order valence-electron chi connectivity index (χ2n) is 6.66. The van der Waals surface area contributed by atoms with Crippen molar-refractivity contribution < 1.29 is 14.3 Å². The first-order chi connectivity index (χ1) is 10.0. The van der Waals surface area contributed by atoms with Crippen molar-refractivity contribution in [3.8, 4) is 0 Å². The minimum absolute atomic E-state index is 0.318. The van der Waals surface area contributed by atoms with Crippen molar-refractivity contribution in [2.45, 2.75) is 69.6 Å². The Labute approximate surface area is 128 Å². The number of carbonyl (C=O) groups excluding carboxylic acids is 1. The average Bonchev–Trinajstić information content (AvgIpc) is 2.50. The number of esters is 1. The number of morpholine rings is 1. The van der Waals surface area contributed by atoms with E-state index in [-0.39, 0.29) is 5.97 Å². The maximum Gasteiger partial charge on any atom is 0.325 e. The van der Waals surface area contributed by atoms with E-state index >= 15 is 0 Å². The van der Waals surface area contributed by atoms with Gasteiger partial charge in [0.25, 0.3) is 0 Å². The summed E-state index contributed by atoms with van der Waals surface area (Å²) in [5, 5.41) is 0. The predicted molar refractivity (Wildman–Crippen MR) is 82.0 cm³/mol. The van der Waals surface area contributed by atoms with Gasteiger partial charge in [-0.2, -0.15) is 0 Å². The number of methoxy groups -OCH3 is 1. The fourth-order valence-corrected chi connectivity index (χ4v) is 3.60. The molecule has 2 aliphatic rings. The van der Waals surface area contributed by atoms with Gasteiger partial charge in [-0.25, -0.2) is 0 Å². The number of rotatable bonds is 6. The van der Waals surface area contributed by atoms with E-state index in [9.17, 15) is 4.79 Å². The first-order valence-corrected chi connectivity index (χ1v) is 8.27. The molecule has 2 rings (SSSR count). The van der Waals surface area contributed by atoms with E-state index in [1.54, 1.807) is 6.92 Å². The highest BCUT2D eigenvalue weighted by atomic mass is 16.5. The number of ether oxygens (including phenoxy) is 2. The molecule has 3 atom stereocenters. The normalized spacial score (nSPS) is 29.5. The van der Waals surface area contributed by atoms with Crippen LogP contribution in [0.2, 0.25) is 0 Å². The van der Waals surface area contributed by atoms with Gasteiger partial charge in [0.05, 0.1) is 19.8 Å². The molecule has 1 aliphatic heterocycles. The Morgan fingerprint density at radius 3 is 2.90 bits per heavy atom. The maximum absolute atomic E-state index is 11.5. The first kappa shape index (κ1) is 16.7. The van der Waals surface area contributed by atoms with Gasteiger partial charge < -0.3 is 15.2 Å². The average molecular weight is 298 g/mol. The fourth-order valence-electron chi connectivity index (χ4n) is 3.60. The zero-order chi connectivity index (χ0) is 15.3. The standard InChI is InChI=1S/C16H30N2O3/c1-16(17,15(19)20-2)9-5-6-10-18-11-12-21-14-8-4-3-7-13(14)18/h13-14H,3-12,17H2,1-2H3. The zero-order valence-corrected chi connectivity index (χ0v) is 13.5. The summed E-state index contributed by atoms with van der Waals surface area (Å²) in [6.07, 6.45) is 8.26. The summed E-state index contributed by atoms with van der Waals surface area (Å²) in [6.45, 7) is 4.74. The summed E-state index contributed by atoms with van der Waals surface area (Å²) in [7, 11) is 1.39. The van der Waals surface area contributed by atoms with Crippen molar-refractivity contribution in [3.63, 3.8) is 0 Å². The fraction of sp³-hybridized carbons (Fsp3) is 0.938. The van der Waals surface area contributed by atoms with Gasteiger partial charge in [0.1, 0.15) is 5.54 Å². The second kappa shape index (κ2) is 7.56. The van der Waals surface area contributed by atoms with Crippen LogP contribution in [0.25, 0.3) is 0 Å². The predicted octanol–water partition coefficient (Wildman–Crippen LogP) is 1.69. The molecule has 0 bridgehead atoms. The quantitative estimate of drug-likeness (QED) is 0.597. The van der Waals surface area contributed by atoms with Crippen LogP contribution >= 0.6 is 0 Å². The number of hydrogen-bond donors (Lipinski definition) is 1. The first-order valence-electron chi connectivity index (χ1n) is 8.27. The molecule has 1 heterocycles. The highest BCUT2D eigenvalue weighted by Crippen LogP contribution is 2.28. The molecule has 0 amide bonds. The third-order valence-electron chi connectivity index (χ3n) is 4.89. The molecule has 5 nitrogen and oxygen atoms in total. The number of unbranched alkanes of at least 4 members (excludes halogenated alkanes) is 1. The molecular weight excluding hydrogens is 268 g/mol. The van der Waals surface area contributed by atoms with Crippen molar-refractivity contribution in [3.05, 3.63) is 0 Å². The molecule has 0 aromatic rings. The van der Waals surface area contributed by atoms with Gasteiger partial charge in [-0.1, -0.05) is 12.8 Å². The lowest BCUT2D eigenvalue weighted by atomic mass is 9.89. The molecule has 122 valence electrons. The van der Waals surface area contributed by atoms with Crippen LogP contribution in [-0.4, -0.2) is 55.4 Å². The molecule has 0 spiro atoms. The van der Waals surface area contributed by atoms with Crippen LogP contribution in [0.5, 0.6) is 0 Å². The Kier molecular flexibility index (Phi) is 6.02. The van der Waals surface area contributed by atoms with Crippen molar-refractivity contribution in [2.24, 2.45) is 5.73 Å². The molecule has 1 saturated heterocycles. The van der Waals surface area contributed by atoms with E-state index < -0.39 is 5.54 Å². The molecule has 21 heavy (non-hydrogen) atoms. The number of hydrogen-bond acceptors (Lipinski definition) is 5. The summed E-state index contributed by atoms with van der Waals surface area (Å²) in [4.78, 5) is 14.1. The third-order valence-corrected chi connectivity index (χ3v) is 4.89. The summed E-state index contributed by atoms with van der Waals surface area (Å²) >= 11 is 0. The molecule has 1 aliphatic carbocycles. The lowest BCUT2D eigenvalue weighted by molar-refractivity contribution is -0.146. The molecule has 2 N–H and O–H groups in total. The van der Waals surface area contributed by atoms with Gasteiger partial charge >= 0.3 is 5.97 Å². The Morgan fingerprint density at radius 1 is 1.38 bits per heavy atom. The molecule has 3 unspecified atom stereocenters. The van der Waals surface area contributed by atoms with Gasteiger partial charge in [-0.05, 0) is 45.6 Å². The largest absolute Gasteiger partial charge is 0.468 e. The van der Waals surface area contributed by atoms with E-state index in [1.807, 2.05) is 0 Å². The van der Waals surface area contributed by atoms with Crippen LogP contribution in [0.4, 0.5) is 0 Å². The van der Waals surface area contributed by atoms with Crippen LogP contribution in [-0.2, 0) is 14.3 Å². The summed E-state index contributed by atoms with van der Waals surface area (Å²) < 4.78 is 10.6. The monoisotopic (exact) mass is 298 g/mol. The van der Waals surface area contributed by atoms with E-state index in [0.29, 0.717) is 18.6 Å². The number of fused-ring (bicyclic) bond motifs is 1. The number of carbonyl (C=O) groups is 1. The summed E-state index contributed by atoms with van der Waals surface area (Å²) in [6, 6.07) is 0.609. The smallest absolute Gasteiger partial charge is 0.325 e. The van der Waals surface area contributed by atoms with Gasteiger partial charge in [-0.3, -0.25) is 9.69 Å². The Morgan fingerprint density at radius 2 is 2.14 bits per heavy atom. The summed E-state index contributed by atoms with van der Waals surface area (Å²) in [5.74, 6) is -0.318. The SMILES string of the molecule is COC(=O)C(C)(N)CCCCN1CCOC2CCCCC21. The zero-order valence-electron chi connectivity index (χ0n) is 13.5. The van der Waals surface area contributed by atoms with Crippen molar-refractivity contribution >= 4 is 5.97 Å². The molecule has 5 heteroatoms. The van der Waals surface area contributed by atoms with Crippen molar-refractivity contribution in [1.29, 1.82) is 0 Å². The van der Waals surface area contributed by atoms with Crippen LogP contribution < -0.4 is 5.73 Å². The Balaban J connectivity index is 1.71. The van der Waals surface area contributed by atoms with Crippen molar-refractivity contribution in [2.75, 3.05) is 26.8 Å². The van der Waals surface area contributed by atoms with Gasteiger partial charge in [0.15, 0.2) is 0 Å². The Hall–Kier alpha value is -0.650. The van der Waals surface area contributed by atoms with Crippen LogP contribution in [0.15, 0.2) is 0 Å². The topological polar surface area (TPSA) is 64.8 Å². The van der Waals surface area contributed by atoms with E-state index in [0.717, 1.165) is 32.5 Å². The minimum atomic E-state index is -0.854. The number of nitrogens with zero attached hydrogens (tertiary/aromatic N) is 1. The third kappa shape index (κ3) is 4.41. The maximum atomic E-state index is 11.5. The molecule has 1 saturated carbocycles. The lowest BCUT2D eigenvalue weighted by Crippen LogP contribution is -2.52. The molecule has 0 aromatic heterocycles. The van der Waals surface area contributed by atoms with E-state index in [2.05, 4.69) is 4.90 Å². The lowest BCUT2D eigenvalue weighted by Gasteiger charge is -2.44. The van der Waals surface area contributed by atoms with Crippen LogP contribution in [0.1, 0.15) is 51.9 Å². The second-order valence-corrected chi connectivity index (χ2v) is 6.66. The molecule has 0 aromatic carbocycles. The van der Waals surface area contributed by atoms with Crippen molar-refractivity contribution in [1.82, 2.24) is 4.90 Å². The highest BCUT2D eigenvalue weighted by Gasteiger charge is 2.34. The van der Waals surface area contributed by atoms with E-state index in [4.69, 9.17) is 15.2 Å². The van der Waals surface area contributed by atoms with Gasteiger partial charge in [0, 0.05) is 12.6 Å². The Bertz CT molecular complexity index is 344. The van der Waals surface area contributed by atoms with Gasteiger partial charge in [0.2, 0.25) is 0 Å². The minimum Gasteiger partial charge on any atom is -0.468 e. The van der Waals surface area contributed by atoms with Crippen LogP contribution in [0, 0.1) is 0 Å². The molecule has 0 radical (unpaired) electrons. The molecule has 2 fully saturated rings. The number of nitrogens with two attached hydrogens (primary N) is 1.